The maximum atomic E-state index is 5.73. The van der Waals surface area contributed by atoms with Gasteiger partial charge in [-0.1, -0.05) is 30.3 Å². The molecule has 78 valence electrons. The fraction of sp³-hybridized carbons (Fsp3) is 0.250. The lowest BCUT2D eigenvalue weighted by molar-refractivity contribution is 0.500. The van der Waals surface area contributed by atoms with Crippen molar-refractivity contribution in [1.29, 1.82) is 0 Å². The lowest BCUT2D eigenvalue weighted by atomic mass is 10.1. The standard InChI is InChI=1S/C12H12ClNO/c13-8-11-12(15-9-14-11)7-6-10-4-2-1-3-5-10/h1-5,9H,6-8H2. The first-order valence-electron chi connectivity index (χ1n) is 4.91. The minimum Gasteiger partial charge on any atom is -0.448 e. The summed E-state index contributed by atoms with van der Waals surface area (Å²) in [6.45, 7) is 0. The molecule has 0 aliphatic heterocycles. The zero-order chi connectivity index (χ0) is 10.5. The summed E-state index contributed by atoms with van der Waals surface area (Å²) in [7, 11) is 0. The van der Waals surface area contributed by atoms with Gasteiger partial charge in [0.25, 0.3) is 0 Å². The van der Waals surface area contributed by atoms with Gasteiger partial charge in [0.15, 0.2) is 6.39 Å². The molecule has 0 fully saturated rings. The first-order valence-corrected chi connectivity index (χ1v) is 5.44. The Bertz CT molecular complexity index is 411. The molecule has 3 heteroatoms. The van der Waals surface area contributed by atoms with E-state index < -0.39 is 0 Å². The highest BCUT2D eigenvalue weighted by Crippen LogP contribution is 2.12. The van der Waals surface area contributed by atoms with Crippen LogP contribution in [0, 0.1) is 0 Å². The summed E-state index contributed by atoms with van der Waals surface area (Å²) in [6, 6.07) is 10.3. The molecule has 0 aliphatic carbocycles. The van der Waals surface area contributed by atoms with Crippen molar-refractivity contribution < 1.29 is 4.42 Å². The second-order valence-electron chi connectivity index (χ2n) is 3.34. The number of benzene rings is 1. The molecule has 2 nitrogen and oxygen atoms in total. The molecule has 0 N–H and O–H groups in total. The van der Waals surface area contributed by atoms with E-state index >= 15 is 0 Å². The molecular formula is C12H12ClNO. The Labute approximate surface area is 93.9 Å². The van der Waals surface area contributed by atoms with Crippen molar-refractivity contribution in [3.8, 4) is 0 Å². The van der Waals surface area contributed by atoms with E-state index in [2.05, 4.69) is 17.1 Å². The first-order chi connectivity index (χ1) is 7.40. The number of hydrogen-bond donors (Lipinski definition) is 0. The Morgan fingerprint density at radius 2 is 1.93 bits per heavy atom. The topological polar surface area (TPSA) is 26.0 Å². The molecular weight excluding hydrogens is 210 g/mol. The van der Waals surface area contributed by atoms with Crippen LogP contribution in [0.4, 0.5) is 0 Å². The van der Waals surface area contributed by atoms with Gasteiger partial charge in [-0.25, -0.2) is 4.98 Å². The van der Waals surface area contributed by atoms with E-state index in [0.29, 0.717) is 5.88 Å². The zero-order valence-corrected chi connectivity index (χ0v) is 9.07. The minimum absolute atomic E-state index is 0.417. The third kappa shape index (κ3) is 2.60. The van der Waals surface area contributed by atoms with Crippen molar-refractivity contribution in [2.75, 3.05) is 0 Å². The highest BCUT2D eigenvalue weighted by molar-refractivity contribution is 6.16. The number of alkyl halides is 1. The average molecular weight is 222 g/mol. The van der Waals surface area contributed by atoms with E-state index in [1.54, 1.807) is 0 Å². The summed E-state index contributed by atoms with van der Waals surface area (Å²) in [5.41, 5.74) is 2.15. The number of aromatic nitrogens is 1. The van der Waals surface area contributed by atoms with Gasteiger partial charge in [0, 0.05) is 6.42 Å². The van der Waals surface area contributed by atoms with Crippen LogP contribution in [0.2, 0.25) is 0 Å². The lowest BCUT2D eigenvalue weighted by Crippen LogP contribution is -1.93. The number of hydrogen-bond acceptors (Lipinski definition) is 2. The molecule has 0 radical (unpaired) electrons. The Morgan fingerprint density at radius 3 is 2.67 bits per heavy atom. The smallest absolute Gasteiger partial charge is 0.181 e. The summed E-state index contributed by atoms with van der Waals surface area (Å²) in [4.78, 5) is 4.05. The molecule has 0 atom stereocenters. The molecule has 0 spiro atoms. The molecule has 0 bridgehead atoms. The predicted molar refractivity (Wildman–Crippen MR) is 59.9 cm³/mol. The summed E-state index contributed by atoms with van der Waals surface area (Å²) in [5.74, 6) is 1.31. The van der Waals surface area contributed by atoms with Gasteiger partial charge in [-0.15, -0.1) is 11.6 Å². The van der Waals surface area contributed by atoms with Gasteiger partial charge >= 0.3 is 0 Å². The van der Waals surface area contributed by atoms with Crippen LogP contribution in [0.1, 0.15) is 17.0 Å². The van der Waals surface area contributed by atoms with Gasteiger partial charge < -0.3 is 4.42 Å². The van der Waals surface area contributed by atoms with Gasteiger partial charge in [-0.2, -0.15) is 0 Å². The number of nitrogens with zero attached hydrogens (tertiary/aromatic N) is 1. The third-order valence-corrected chi connectivity index (χ3v) is 2.59. The molecule has 2 rings (SSSR count). The summed E-state index contributed by atoms with van der Waals surface area (Å²) >= 11 is 5.73. The monoisotopic (exact) mass is 221 g/mol. The molecule has 15 heavy (non-hydrogen) atoms. The van der Waals surface area contributed by atoms with E-state index in [1.807, 2.05) is 18.2 Å². The van der Waals surface area contributed by atoms with Crippen LogP contribution < -0.4 is 0 Å². The number of oxazole rings is 1. The third-order valence-electron chi connectivity index (χ3n) is 2.34. The highest BCUT2D eigenvalue weighted by atomic mass is 35.5. The molecule has 0 aliphatic rings. The molecule has 1 heterocycles. The van der Waals surface area contributed by atoms with Gasteiger partial charge in [0.05, 0.1) is 11.6 Å². The zero-order valence-electron chi connectivity index (χ0n) is 8.32. The van der Waals surface area contributed by atoms with Crippen molar-refractivity contribution in [2.24, 2.45) is 0 Å². The molecule has 0 unspecified atom stereocenters. The number of rotatable bonds is 4. The van der Waals surface area contributed by atoms with E-state index in [9.17, 15) is 0 Å². The van der Waals surface area contributed by atoms with Crippen LogP contribution in [0.15, 0.2) is 41.1 Å². The molecule has 1 aromatic heterocycles. The van der Waals surface area contributed by atoms with Crippen molar-refractivity contribution in [2.45, 2.75) is 18.7 Å². The van der Waals surface area contributed by atoms with Crippen LogP contribution >= 0.6 is 11.6 Å². The average Bonchev–Trinajstić information content (AvgIpc) is 2.75. The largest absolute Gasteiger partial charge is 0.448 e. The van der Waals surface area contributed by atoms with Gasteiger partial charge in [-0.05, 0) is 12.0 Å². The first kappa shape index (κ1) is 10.2. The van der Waals surface area contributed by atoms with Crippen molar-refractivity contribution in [1.82, 2.24) is 4.98 Å². The molecule has 2 aromatic rings. The Morgan fingerprint density at radius 1 is 1.13 bits per heavy atom. The van der Waals surface area contributed by atoms with Crippen LogP contribution in [-0.2, 0) is 18.7 Å². The molecule has 1 aromatic carbocycles. The molecule has 0 saturated carbocycles. The Hall–Kier alpha value is -1.28. The maximum absolute atomic E-state index is 5.73. The van der Waals surface area contributed by atoms with Crippen LogP contribution in [0.3, 0.4) is 0 Å². The van der Waals surface area contributed by atoms with Gasteiger partial charge in [0.1, 0.15) is 5.76 Å². The van der Waals surface area contributed by atoms with Crippen LogP contribution in [0.5, 0.6) is 0 Å². The van der Waals surface area contributed by atoms with Crippen molar-refractivity contribution in [3.63, 3.8) is 0 Å². The predicted octanol–water partition coefficient (Wildman–Crippen LogP) is 3.20. The quantitative estimate of drug-likeness (QED) is 0.741. The number of aryl methyl sites for hydroxylation is 2. The minimum atomic E-state index is 0.417. The van der Waals surface area contributed by atoms with Gasteiger partial charge in [0.2, 0.25) is 0 Å². The lowest BCUT2D eigenvalue weighted by Gasteiger charge is -1.99. The van der Waals surface area contributed by atoms with Crippen LogP contribution in [0.25, 0.3) is 0 Å². The molecule has 0 amide bonds. The summed E-state index contributed by atoms with van der Waals surface area (Å²) in [6.07, 6.45) is 3.27. The van der Waals surface area contributed by atoms with Crippen molar-refractivity contribution in [3.05, 3.63) is 53.7 Å². The Balaban J connectivity index is 1.99. The van der Waals surface area contributed by atoms with Crippen LogP contribution in [-0.4, -0.2) is 4.98 Å². The second kappa shape index (κ2) is 4.99. The van der Waals surface area contributed by atoms with E-state index in [1.165, 1.54) is 12.0 Å². The van der Waals surface area contributed by atoms with Gasteiger partial charge in [-0.3, -0.25) is 0 Å². The summed E-state index contributed by atoms with van der Waals surface area (Å²) in [5, 5.41) is 0. The fourth-order valence-corrected chi connectivity index (χ4v) is 1.73. The maximum Gasteiger partial charge on any atom is 0.181 e. The van der Waals surface area contributed by atoms with E-state index in [-0.39, 0.29) is 0 Å². The molecule has 0 saturated heterocycles. The highest BCUT2D eigenvalue weighted by Gasteiger charge is 2.06. The summed E-state index contributed by atoms with van der Waals surface area (Å²) < 4.78 is 5.28. The van der Waals surface area contributed by atoms with Crippen molar-refractivity contribution >= 4 is 11.6 Å². The van der Waals surface area contributed by atoms with E-state index in [4.69, 9.17) is 16.0 Å². The SMILES string of the molecule is ClCc1ncoc1CCc1ccccc1. The fourth-order valence-electron chi connectivity index (χ4n) is 1.51. The normalized spacial score (nSPS) is 10.5. The van der Waals surface area contributed by atoms with E-state index in [0.717, 1.165) is 24.3 Å². The second-order valence-corrected chi connectivity index (χ2v) is 3.61. The number of halogens is 1. The Kier molecular flexibility index (Phi) is 3.41.